The number of hydrogen-bond donors (Lipinski definition) is 1. The maximum absolute atomic E-state index is 13.5. The standard InChI is InChI=1S/C30H26N2O3/c1-32(20-19-27(21-11-4-2-5-12-21)35-22-13-6-3-7-14-22)30(34)25-17-10-16-24-28(25)31-26-18-9-8-15-23(26)29(24)33/h2-18,27H,19-20H2,1H3,(H,31,33). The second-order valence-corrected chi connectivity index (χ2v) is 8.57. The molecule has 1 aromatic heterocycles. The van der Waals surface area contributed by atoms with E-state index in [4.69, 9.17) is 4.74 Å². The lowest BCUT2D eigenvalue weighted by Gasteiger charge is -2.24. The molecule has 1 N–H and O–H groups in total. The zero-order valence-electron chi connectivity index (χ0n) is 19.5. The second kappa shape index (κ2) is 9.85. The number of benzene rings is 4. The molecule has 174 valence electrons. The molecule has 1 amide bonds. The van der Waals surface area contributed by atoms with Gasteiger partial charge in [-0.05, 0) is 42.0 Å². The first-order valence-electron chi connectivity index (χ1n) is 11.7. The number of hydrogen-bond acceptors (Lipinski definition) is 3. The minimum Gasteiger partial charge on any atom is -0.486 e. The summed E-state index contributed by atoms with van der Waals surface area (Å²) in [5.41, 5.74) is 2.74. The zero-order chi connectivity index (χ0) is 24.2. The Labute approximate surface area is 203 Å². The summed E-state index contributed by atoms with van der Waals surface area (Å²) in [4.78, 5) is 31.5. The third-order valence-electron chi connectivity index (χ3n) is 6.24. The van der Waals surface area contributed by atoms with E-state index < -0.39 is 0 Å². The molecule has 1 atom stereocenters. The molecule has 0 radical (unpaired) electrons. The van der Waals surface area contributed by atoms with Gasteiger partial charge in [0.15, 0.2) is 5.43 Å². The summed E-state index contributed by atoms with van der Waals surface area (Å²) in [6, 6.07) is 32.4. The molecule has 0 fully saturated rings. The smallest absolute Gasteiger partial charge is 0.255 e. The van der Waals surface area contributed by atoms with Crippen LogP contribution in [0.1, 0.15) is 28.4 Å². The van der Waals surface area contributed by atoms with Crippen molar-refractivity contribution in [3.8, 4) is 5.75 Å². The van der Waals surface area contributed by atoms with Crippen molar-refractivity contribution >= 4 is 27.7 Å². The van der Waals surface area contributed by atoms with Gasteiger partial charge in [-0.1, -0.05) is 66.7 Å². The molecule has 5 aromatic rings. The number of nitrogens with one attached hydrogen (secondary N) is 1. The zero-order valence-corrected chi connectivity index (χ0v) is 19.5. The molecule has 5 heteroatoms. The Morgan fingerprint density at radius 3 is 2.26 bits per heavy atom. The molecule has 35 heavy (non-hydrogen) atoms. The van der Waals surface area contributed by atoms with Gasteiger partial charge in [0.1, 0.15) is 11.9 Å². The van der Waals surface area contributed by atoms with E-state index >= 15 is 0 Å². The lowest BCUT2D eigenvalue weighted by atomic mass is 10.0. The lowest BCUT2D eigenvalue weighted by molar-refractivity contribution is 0.0772. The van der Waals surface area contributed by atoms with Gasteiger partial charge in [-0.25, -0.2) is 0 Å². The van der Waals surface area contributed by atoms with Crippen LogP contribution in [0.2, 0.25) is 0 Å². The summed E-state index contributed by atoms with van der Waals surface area (Å²) < 4.78 is 6.29. The highest BCUT2D eigenvalue weighted by atomic mass is 16.5. The Hall–Kier alpha value is -4.38. The van der Waals surface area contributed by atoms with Crippen LogP contribution in [-0.4, -0.2) is 29.4 Å². The van der Waals surface area contributed by atoms with Crippen molar-refractivity contribution in [2.45, 2.75) is 12.5 Å². The van der Waals surface area contributed by atoms with Crippen LogP contribution in [0.15, 0.2) is 108 Å². The summed E-state index contributed by atoms with van der Waals surface area (Å²) in [7, 11) is 1.78. The van der Waals surface area contributed by atoms with Crippen molar-refractivity contribution in [2.24, 2.45) is 0 Å². The molecular formula is C30H26N2O3. The van der Waals surface area contributed by atoms with Crippen LogP contribution in [-0.2, 0) is 0 Å². The third-order valence-corrected chi connectivity index (χ3v) is 6.24. The second-order valence-electron chi connectivity index (χ2n) is 8.57. The van der Waals surface area contributed by atoms with E-state index in [2.05, 4.69) is 4.98 Å². The van der Waals surface area contributed by atoms with Crippen LogP contribution in [0.5, 0.6) is 5.75 Å². The molecule has 0 bridgehead atoms. The fourth-order valence-electron chi connectivity index (χ4n) is 4.37. The summed E-state index contributed by atoms with van der Waals surface area (Å²) >= 11 is 0. The lowest BCUT2D eigenvalue weighted by Crippen LogP contribution is -2.30. The highest BCUT2D eigenvalue weighted by Gasteiger charge is 2.20. The minimum atomic E-state index is -0.204. The van der Waals surface area contributed by atoms with Crippen molar-refractivity contribution in [2.75, 3.05) is 13.6 Å². The Morgan fingerprint density at radius 2 is 1.49 bits per heavy atom. The fourth-order valence-corrected chi connectivity index (χ4v) is 4.37. The largest absolute Gasteiger partial charge is 0.486 e. The van der Waals surface area contributed by atoms with Gasteiger partial charge in [0, 0.05) is 36.3 Å². The predicted molar refractivity (Wildman–Crippen MR) is 140 cm³/mol. The number of ether oxygens (including phenoxy) is 1. The average Bonchev–Trinajstić information content (AvgIpc) is 2.91. The van der Waals surface area contributed by atoms with Crippen LogP contribution >= 0.6 is 0 Å². The Kier molecular flexibility index (Phi) is 6.31. The summed E-state index contributed by atoms with van der Waals surface area (Å²) in [5, 5.41) is 1.12. The number of para-hydroxylation sites is 3. The molecule has 4 aromatic carbocycles. The van der Waals surface area contributed by atoms with Crippen LogP contribution in [0, 0.1) is 0 Å². The van der Waals surface area contributed by atoms with Gasteiger partial charge in [-0.2, -0.15) is 0 Å². The van der Waals surface area contributed by atoms with Gasteiger partial charge >= 0.3 is 0 Å². The number of fused-ring (bicyclic) bond motifs is 2. The van der Waals surface area contributed by atoms with Crippen molar-refractivity contribution in [3.05, 3.63) is 124 Å². The maximum atomic E-state index is 13.5. The minimum absolute atomic E-state index is 0.0768. The molecule has 1 unspecified atom stereocenters. The monoisotopic (exact) mass is 462 g/mol. The number of H-pyrrole nitrogens is 1. The molecule has 1 heterocycles. The van der Waals surface area contributed by atoms with Crippen molar-refractivity contribution in [1.29, 1.82) is 0 Å². The molecule has 0 aliphatic rings. The van der Waals surface area contributed by atoms with E-state index in [1.54, 1.807) is 36.2 Å². The molecule has 0 aliphatic carbocycles. The van der Waals surface area contributed by atoms with Crippen LogP contribution < -0.4 is 10.2 Å². The normalized spacial score (nSPS) is 11.9. The third kappa shape index (κ3) is 4.66. The maximum Gasteiger partial charge on any atom is 0.255 e. The molecular weight excluding hydrogens is 436 g/mol. The first-order chi connectivity index (χ1) is 17.1. The fraction of sp³-hybridized carbons (Fsp3) is 0.133. The van der Waals surface area contributed by atoms with Gasteiger partial charge in [0.2, 0.25) is 0 Å². The first kappa shape index (κ1) is 22.4. The first-order valence-corrected chi connectivity index (χ1v) is 11.7. The molecule has 5 rings (SSSR count). The highest BCUT2D eigenvalue weighted by molar-refractivity contribution is 6.07. The van der Waals surface area contributed by atoms with E-state index in [-0.39, 0.29) is 17.4 Å². The van der Waals surface area contributed by atoms with Gasteiger partial charge < -0.3 is 14.6 Å². The SMILES string of the molecule is CN(CCC(Oc1ccccc1)c1ccccc1)C(=O)c1cccc2c(=O)c3ccccc3[nH]c12. The van der Waals surface area contributed by atoms with Gasteiger partial charge in [0.25, 0.3) is 5.91 Å². The van der Waals surface area contributed by atoms with Crippen molar-refractivity contribution in [1.82, 2.24) is 9.88 Å². The number of carbonyl (C=O) groups is 1. The van der Waals surface area contributed by atoms with E-state index in [1.807, 2.05) is 78.9 Å². The van der Waals surface area contributed by atoms with E-state index in [0.717, 1.165) is 11.3 Å². The number of amides is 1. The molecule has 0 saturated carbocycles. The van der Waals surface area contributed by atoms with Crippen LogP contribution in [0.4, 0.5) is 0 Å². The number of carbonyl (C=O) groups excluding carboxylic acids is 1. The molecule has 0 saturated heterocycles. The van der Waals surface area contributed by atoms with Crippen molar-refractivity contribution < 1.29 is 9.53 Å². The molecule has 0 spiro atoms. The number of aromatic amines is 1. The van der Waals surface area contributed by atoms with Gasteiger partial charge in [-0.15, -0.1) is 0 Å². The van der Waals surface area contributed by atoms with Crippen LogP contribution in [0.25, 0.3) is 21.8 Å². The topological polar surface area (TPSA) is 62.4 Å². The van der Waals surface area contributed by atoms with Gasteiger partial charge in [-0.3, -0.25) is 9.59 Å². The van der Waals surface area contributed by atoms with E-state index in [0.29, 0.717) is 40.3 Å². The average molecular weight is 463 g/mol. The van der Waals surface area contributed by atoms with E-state index in [9.17, 15) is 9.59 Å². The number of aromatic nitrogens is 1. The number of rotatable bonds is 7. The Balaban J connectivity index is 1.40. The summed E-state index contributed by atoms with van der Waals surface area (Å²) in [6.07, 6.45) is 0.413. The Bertz CT molecular complexity index is 1530. The highest BCUT2D eigenvalue weighted by Crippen LogP contribution is 2.26. The number of nitrogens with zero attached hydrogens (tertiary/aromatic N) is 1. The van der Waals surface area contributed by atoms with Crippen LogP contribution in [0.3, 0.4) is 0 Å². The predicted octanol–water partition coefficient (Wildman–Crippen LogP) is 5.96. The molecule has 0 aliphatic heterocycles. The van der Waals surface area contributed by atoms with E-state index in [1.165, 1.54) is 0 Å². The number of pyridine rings is 1. The summed E-state index contributed by atoms with van der Waals surface area (Å²) in [6.45, 7) is 0.486. The van der Waals surface area contributed by atoms with Gasteiger partial charge in [0.05, 0.1) is 11.1 Å². The summed E-state index contributed by atoms with van der Waals surface area (Å²) in [5.74, 6) is 0.641. The quantitative estimate of drug-likeness (QED) is 0.303. The van der Waals surface area contributed by atoms with Crippen molar-refractivity contribution in [3.63, 3.8) is 0 Å². The Morgan fingerprint density at radius 1 is 0.829 bits per heavy atom. The molecule has 5 nitrogen and oxygen atoms in total.